The summed E-state index contributed by atoms with van der Waals surface area (Å²) in [7, 11) is 0. The smallest absolute Gasteiger partial charge is 0.0487 e. The zero-order valence-electron chi connectivity index (χ0n) is 11.3. The van der Waals surface area contributed by atoms with Crippen molar-refractivity contribution in [3.8, 4) is 0 Å². The fraction of sp³-hybridized carbons (Fsp3) is 1.00. The highest BCUT2D eigenvalue weighted by Crippen LogP contribution is 2.32. The van der Waals surface area contributed by atoms with Gasteiger partial charge in [0, 0.05) is 6.61 Å². The summed E-state index contributed by atoms with van der Waals surface area (Å²) in [6.45, 7) is 11.5. The Morgan fingerprint density at radius 1 is 1.00 bits per heavy atom. The first-order valence-electron chi connectivity index (χ1n) is 6.53. The minimum atomic E-state index is 0.137. The first kappa shape index (κ1) is 15.0. The number of hydrogen-bond donors (Lipinski definition) is 1. The summed E-state index contributed by atoms with van der Waals surface area (Å²) < 4.78 is 0. The molecular formula is C14H30O. The molecule has 0 fully saturated rings. The molecule has 0 aromatic carbocycles. The lowest BCUT2D eigenvalue weighted by Gasteiger charge is -2.31. The number of hydrogen-bond acceptors (Lipinski definition) is 1. The summed E-state index contributed by atoms with van der Waals surface area (Å²) in [5.74, 6) is 1.41. The van der Waals surface area contributed by atoms with Crippen LogP contribution in [0, 0.1) is 17.3 Å². The van der Waals surface area contributed by atoms with Gasteiger partial charge in [0.1, 0.15) is 0 Å². The van der Waals surface area contributed by atoms with Crippen molar-refractivity contribution in [1.82, 2.24) is 0 Å². The minimum absolute atomic E-state index is 0.137. The van der Waals surface area contributed by atoms with E-state index in [1.54, 1.807) is 0 Å². The summed E-state index contributed by atoms with van der Waals surface area (Å²) in [4.78, 5) is 0. The third kappa shape index (κ3) is 6.19. The van der Waals surface area contributed by atoms with Crippen LogP contribution >= 0.6 is 0 Å². The quantitative estimate of drug-likeness (QED) is 0.599. The first-order chi connectivity index (χ1) is 6.92. The van der Waals surface area contributed by atoms with Crippen LogP contribution < -0.4 is 0 Å². The van der Waals surface area contributed by atoms with Gasteiger partial charge in [-0.15, -0.1) is 0 Å². The zero-order valence-corrected chi connectivity index (χ0v) is 11.3. The lowest BCUT2D eigenvalue weighted by Crippen LogP contribution is -2.27. The van der Waals surface area contributed by atoms with Crippen molar-refractivity contribution < 1.29 is 5.11 Å². The molecule has 0 aromatic heterocycles. The van der Waals surface area contributed by atoms with Crippen molar-refractivity contribution in [3.05, 3.63) is 0 Å². The zero-order chi connectivity index (χ0) is 11.9. The van der Waals surface area contributed by atoms with E-state index in [0.29, 0.717) is 12.5 Å². The maximum absolute atomic E-state index is 9.40. The van der Waals surface area contributed by atoms with E-state index < -0.39 is 0 Å². The molecule has 92 valence electrons. The summed E-state index contributed by atoms with van der Waals surface area (Å²) in [6, 6.07) is 0. The fourth-order valence-electron chi connectivity index (χ4n) is 1.81. The van der Waals surface area contributed by atoms with Crippen LogP contribution in [0.1, 0.15) is 66.7 Å². The maximum Gasteiger partial charge on any atom is 0.0487 e. The molecule has 0 heterocycles. The molecule has 0 saturated heterocycles. The van der Waals surface area contributed by atoms with Gasteiger partial charge in [-0.1, -0.05) is 60.3 Å². The lowest BCUT2D eigenvalue weighted by molar-refractivity contribution is 0.0824. The van der Waals surface area contributed by atoms with Gasteiger partial charge in [0.05, 0.1) is 0 Å². The number of aliphatic hydroxyl groups is 1. The topological polar surface area (TPSA) is 20.2 Å². The molecule has 1 nitrogen and oxygen atoms in total. The third-order valence-corrected chi connectivity index (χ3v) is 3.78. The van der Waals surface area contributed by atoms with Crippen LogP contribution in [0.25, 0.3) is 0 Å². The van der Waals surface area contributed by atoms with Crippen molar-refractivity contribution >= 4 is 0 Å². The predicted molar refractivity (Wildman–Crippen MR) is 68.0 cm³/mol. The SMILES string of the molecule is CC(C)CCCCC[C@](C)(CO)C(C)C. The molecule has 0 saturated carbocycles. The van der Waals surface area contributed by atoms with Crippen LogP contribution in [0.3, 0.4) is 0 Å². The minimum Gasteiger partial charge on any atom is -0.396 e. The van der Waals surface area contributed by atoms with Gasteiger partial charge in [-0.05, 0) is 23.7 Å². The summed E-state index contributed by atoms with van der Waals surface area (Å²) >= 11 is 0. The first-order valence-corrected chi connectivity index (χ1v) is 6.53. The molecule has 0 amide bonds. The van der Waals surface area contributed by atoms with Crippen LogP contribution in [-0.4, -0.2) is 11.7 Å². The average molecular weight is 214 g/mol. The second-order valence-electron chi connectivity index (χ2n) is 5.96. The molecule has 0 bridgehead atoms. The summed E-state index contributed by atoms with van der Waals surface area (Å²) in [5, 5.41) is 9.40. The Morgan fingerprint density at radius 3 is 2.00 bits per heavy atom. The van der Waals surface area contributed by atoms with Crippen LogP contribution in [0.2, 0.25) is 0 Å². The predicted octanol–water partition coefficient (Wildman–Crippen LogP) is 4.25. The largest absolute Gasteiger partial charge is 0.396 e. The molecule has 1 atom stereocenters. The number of rotatable bonds is 8. The third-order valence-electron chi connectivity index (χ3n) is 3.78. The molecule has 0 aliphatic carbocycles. The van der Waals surface area contributed by atoms with Gasteiger partial charge in [0.25, 0.3) is 0 Å². The van der Waals surface area contributed by atoms with Gasteiger partial charge in [0.2, 0.25) is 0 Å². The average Bonchev–Trinajstić information content (AvgIpc) is 2.16. The molecular weight excluding hydrogens is 184 g/mol. The Kier molecular flexibility index (Phi) is 7.25. The Bertz CT molecular complexity index is 151. The van der Waals surface area contributed by atoms with Gasteiger partial charge in [0.15, 0.2) is 0 Å². The Balaban J connectivity index is 3.64. The highest BCUT2D eigenvalue weighted by Gasteiger charge is 2.26. The van der Waals surface area contributed by atoms with E-state index in [2.05, 4.69) is 34.6 Å². The fourth-order valence-corrected chi connectivity index (χ4v) is 1.81. The lowest BCUT2D eigenvalue weighted by atomic mass is 9.76. The number of unbranched alkanes of at least 4 members (excludes halogenated alkanes) is 2. The van der Waals surface area contributed by atoms with Crippen molar-refractivity contribution in [3.63, 3.8) is 0 Å². The van der Waals surface area contributed by atoms with E-state index in [-0.39, 0.29) is 5.41 Å². The highest BCUT2D eigenvalue weighted by atomic mass is 16.3. The molecule has 0 rings (SSSR count). The van der Waals surface area contributed by atoms with Crippen LogP contribution in [0.4, 0.5) is 0 Å². The highest BCUT2D eigenvalue weighted by molar-refractivity contribution is 4.76. The molecule has 1 heteroatoms. The molecule has 0 unspecified atom stereocenters. The van der Waals surface area contributed by atoms with E-state index in [1.807, 2.05) is 0 Å². The monoisotopic (exact) mass is 214 g/mol. The Hall–Kier alpha value is -0.0400. The van der Waals surface area contributed by atoms with E-state index >= 15 is 0 Å². The molecule has 0 aliphatic rings. The van der Waals surface area contributed by atoms with Gasteiger partial charge in [-0.3, -0.25) is 0 Å². The standard InChI is InChI=1S/C14H30O/c1-12(2)9-7-6-8-10-14(5,11-15)13(3)4/h12-13,15H,6-11H2,1-5H3/t14-/m1/s1. The van der Waals surface area contributed by atoms with Crippen LogP contribution in [-0.2, 0) is 0 Å². The van der Waals surface area contributed by atoms with Crippen molar-refractivity contribution in [2.75, 3.05) is 6.61 Å². The maximum atomic E-state index is 9.40. The van der Waals surface area contributed by atoms with Gasteiger partial charge >= 0.3 is 0 Å². The molecule has 0 aromatic rings. The van der Waals surface area contributed by atoms with E-state index in [4.69, 9.17) is 0 Å². The van der Waals surface area contributed by atoms with E-state index in [9.17, 15) is 5.11 Å². The Labute approximate surface area is 96.3 Å². The van der Waals surface area contributed by atoms with Crippen molar-refractivity contribution in [1.29, 1.82) is 0 Å². The summed E-state index contributed by atoms with van der Waals surface area (Å²) in [5.41, 5.74) is 0.137. The molecule has 0 aliphatic heterocycles. The molecule has 15 heavy (non-hydrogen) atoms. The second kappa shape index (κ2) is 7.27. The van der Waals surface area contributed by atoms with E-state index in [0.717, 1.165) is 5.92 Å². The summed E-state index contributed by atoms with van der Waals surface area (Å²) in [6.07, 6.45) is 6.44. The van der Waals surface area contributed by atoms with E-state index in [1.165, 1.54) is 32.1 Å². The molecule has 1 N–H and O–H groups in total. The van der Waals surface area contributed by atoms with Crippen LogP contribution in [0.5, 0.6) is 0 Å². The van der Waals surface area contributed by atoms with Crippen molar-refractivity contribution in [2.24, 2.45) is 17.3 Å². The Morgan fingerprint density at radius 2 is 1.60 bits per heavy atom. The van der Waals surface area contributed by atoms with Crippen LogP contribution in [0.15, 0.2) is 0 Å². The molecule has 0 radical (unpaired) electrons. The van der Waals surface area contributed by atoms with Gasteiger partial charge in [-0.25, -0.2) is 0 Å². The number of aliphatic hydroxyl groups excluding tert-OH is 1. The normalized spacial score (nSPS) is 16.0. The van der Waals surface area contributed by atoms with Gasteiger partial charge < -0.3 is 5.11 Å². The van der Waals surface area contributed by atoms with Gasteiger partial charge in [-0.2, -0.15) is 0 Å². The second-order valence-corrected chi connectivity index (χ2v) is 5.96. The van der Waals surface area contributed by atoms with Crippen molar-refractivity contribution in [2.45, 2.75) is 66.7 Å². The molecule has 0 spiro atoms.